The van der Waals surface area contributed by atoms with E-state index in [-0.39, 0.29) is 62.8 Å². The van der Waals surface area contributed by atoms with Crippen LogP contribution in [0.4, 0.5) is 0 Å². The van der Waals surface area contributed by atoms with E-state index in [0.717, 1.165) is 66.8 Å². The van der Waals surface area contributed by atoms with E-state index in [1.807, 2.05) is 0 Å². The molecule has 0 spiro atoms. The molecular weight excluding hydrogens is 952 g/mol. The van der Waals surface area contributed by atoms with Crippen LogP contribution in [0, 0.1) is 0 Å². The third kappa shape index (κ3) is 13.8. The van der Waals surface area contributed by atoms with Gasteiger partial charge in [0.15, 0.2) is 0 Å². The summed E-state index contributed by atoms with van der Waals surface area (Å²) in [7, 11) is -9.35. The minimum absolute atomic E-state index is 0. The van der Waals surface area contributed by atoms with Crippen molar-refractivity contribution in [2.45, 2.75) is 222 Å². The summed E-state index contributed by atoms with van der Waals surface area (Å²) in [5.41, 5.74) is 10.0. The number of rotatable bonds is 0. The maximum Gasteiger partial charge on any atom is 2.00 e. The summed E-state index contributed by atoms with van der Waals surface area (Å²) in [6.45, 7) is 51.1. The maximum atomic E-state index is 13.3. The molecular formula is C58H84O8P2Zn. The van der Waals surface area contributed by atoms with E-state index in [2.05, 4.69) is 215 Å². The van der Waals surface area contributed by atoms with Crippen LogP contribution in [0.5, 0.6) is 23.0 Å². The molecule has 0 N–H and O–H groups in total. The predicted octanol–water partition coefficient (Wildman–Crippen LogP) is 15.4. The molecule has 4 aromatic rings. The molecule has 0 atom stereocenters. The third-order valence-electron chi connectivity index (χ3n) is 12.9. The first-order valence-electron chi connectivity index (χ1n) is 24.3. The minimum Gasteiger partial charge on any atom is -0.736 e. The van der Waals surface area contributed by atoms with Gasteiger partial charge >= 0.3 is 35.1 Å². The van der Waals surface area contributed by atoms with E-state index >= 15 is 0 Å². The van der Waals surface area contributed by atoms with Crippen LogP contribution in [0.3, 0.4) is 0 Å². The Morgan fingerprint density at radius 2 is 0.478 bits per heavy atom. The molecule has 0 saturated carbocycles. The average molecular weight is 1040 g/mol. The maximum absolute atomic E-state index is 13.3. The van der Waals surface area contributed by atoms with Gasteiger partial charge in [0.1, 0.15) is 23.0 Å². The number of hydrogen-bond donors (Lipinski definition) is 0. The minimum atomic E-state index is -4.68. The topological polar surface area (TPSA) is 117 Å². The second-order valence-corrected chi connectivity index (χ2v) is 30.2. The van der Waals surface area contributed by atoms with Crippen molar-refractivity contribution >= 4 is 15.6 Å². The van der Waals surface area contributed by atoms with Crippen molar-refractivity contribution < 1.29 is 56.5 Å². The summed E-state index contributed by atoms with van der Waals surface area (Å²) < 4.78 is 49.5. The largest absolute Gasteiger partial charge is 2.00 e. The quantitative estimate of drug-likeness (QED) is 0.126. The molecule has 0 aliphatic carbocycles. The molecule has 0 radical (unpaired) electrons. The van der Waals surface area contributed by atoms with Crippen LogP contribution in [0.25, 0.3) is 0 Å². The molecule has 4 aromatic carbocycles. The SMILES string of the molecule is CC(C)(C)c1cc2c(c(C(C)(C)C)c1)OP(=O)([O-])Oc1c(cc(C(C)(C)C)cc1C(C)(C)C)C2.CC(C)(C)c1cc2c(c(C(C)(C)C)c1)OP(=O)([O-])Oc1c(cc(C(C)(C)C)cc1C(C)(C)C)C2.[Zn+2]. The number of fused-ring (bicyclic) bond motifs is 4. The van der Waals surface area contributed by atoms with Crippen LogP contribution in [0.1, 0.15) is 233 Å². The van der Waals surface area contributed by atoms with E-state index in [1.54, 1.807) is 0 Å². The average Bonchev–Trinajstić information content (AvgIpc) is 3.08. The van der Waals surface area contributed by atoms with E-state index in [1.165, 1.54) is 0 Å². The van der Waals surface area contributed by atoms with E-state index in [9.17, 15) is 18.9 Å². The molecule has 6 rings (SSSR count). The van der Waals surface area contributed by atoms with Gasteiger partial charge in [0.05, 0.1) is 0 Å². The van der Waals surface area contributed by atoms with Crippen molar-refractivity contribution in [1.82, 2.24) is 0 Å². The Morgan fingerprint density at radius 1 is 0.319 bits per heavy atom. The van der Waals surface area contributed by atoms with Crippen molar-refractivity contribution in [3.63, 3.8) is 0 Å². The van der Waals surface area contributed by atoms with Crippen LogP contribution in [0.15, 0.2) is 48.5 Å². The predicted molar refractivity (Wildman–Crippen MR) is 279 cm³/mol. The van der Waals surface area contributed by atoms with Gasteiger partial charge < -0.3 is 27.9 Å². The molecule has 0 unspecified atom stereocenters. The molecule has 0 fully saturated rings. The summed E-state index contributed by atoms with van der Waals surface area (Å²) in [5.74, 6) is 1.62. The number of phosphoric acid groups is 2. The second kappa shape index (κ2) is 18.8. The second-order valence-electron chi connectivity index (χ2n) is 27.7. The van der Waals surface area contributed by atoms with Gasteiger partial charge in [-0.3, -0.25) is 0 Å². The molecule has 0 amide bonds. The van der Waals surface area contributed by atoms with Crippen LogP contribution in [0.2, 0.25) is 0 Å². The van der Waals surface area contributed by atoms with Crippen molar-refractivity contribution in [1.29, 1.82) is 0 Å². The molecule has 2 aliphatic heterocycles. The Morgan fingerprint density at radius 3 is 0.609 bits per heavy atom. The van der Waals surface area contributed by atoms with Gasteiger partial charge in [0.2, 0.25) is 0 Å². The molecule has 0 bridgehead atoms. The normalized spacial score (nSPS) is 16.3. The molecule has 376 valence electrons. The molecule has 0 saturated heterocycles. The molecule has 2 aliphatic rings. The summed E-state index contributed by atoms with van der Waals surface area (Å²) >= 11 is 0. The molecule has 69 heavy (non-hydrogen) atoms. The van der Waals surface area contributed by atoms with E-state index in [4.69, 9.17) is 18.1 Å². The third-order valence-corrected chi connectivity index (χ3v) is 14.6. The zero-order chi connectivity index (χ0) is 52.1. The first-order chi connectivity index (χ1) is 30.2. The fraction of sp³-hybridized carbons (Fsp3) is 0.586. The van der Waals surface area contributed by atoms with Gasteiger partial charge in [-0.15, -0.1) is 0 Å². The van der Waals surface area contributed by atoms with Gasteiger partial charge in [-0.05, 0) is 87.8 Å². The van der Waals surface area contributed by atoms with Gasteiger partial charge in [0.25, 0.3) is 0 Å². The van der Waals surface area contributed by atoms with Gasteiger partial charge in [-0.2, -0.15) is 0 Å². The van der Waals surface area contributed by atoms with Crippen LogP contribution in [-0.4, -0.2) is 0 Å². The molecule has 0 aromatic heterocycles. The Labute approximate surface area is 430 Å². The van der Waals surface area contributed by atoms with Gasteiger partial charge in [-0.25, -0.2) is 9.13 Å². The standard InChI is InChI=1S/2C29H43O4P.Zn/c2*1-26(2,3)20-14-18-13-19-15-21(27(4,5)6)17-23(29(10,11)12)25(19)33-34(30,31)32-24(18)22(16-20)28(7,8)9;/h2*14-17H,13H2,1-12H3,(H,30,31);/q;;+2/p-2. The fourth-order valence-corrected chi connectivity index (χ4v) is 10.4. The fourth-order valence-electron chi connectivity index (χ4n) is 8.57. The monoisotopic (exact) mass is 1030 g/mol. The first-order valence-corrected chi connectivity index (χ1v) is 27.2. The summed E-state index contributed by atoms with van der Waals surface area (Å²) in [4.78, 5) is 26.5. The summed E-state index contributed by atoms with van der Waals surface area (Å²) in [6.07, 6.45) is 1.06. The van der Waals surface area contributed by atoms with Crippen LogP contribution in [-0.2, 0) is 84.8 Å². The van der Waals surface area contributed by atoms with Crippen molar-refractivity contribution in [2.24, 2.45) is 0 Å². The first kappa shape index (κ1) is 58.7. The van der Waals surface area contributed by atoms with E-state index in [0.29, 0.717) is 35.8 Å². The Balaban J connectivity index is 0.000000296. The summed E-state index contributed by atoms with van der Waals surface area (Å²) in [5, 5.41) is 0. The van der Waals surface area contributed by atoms with Gasteiger partial charge in [0, 0.05) is 35.1 Å². The van der Waals surface area contributed by atoms with Crippen molar-refractivity contribution in [2.75, 3.05) is 0 Å². The van der Waals surface area contributed by atoms with E-state index < -0.39 is 15.6 Å². The number of benzene rings is 4. The molecule has 8 nitrogen and oxygen atoms in total. The van der Waals surface area contributed by atoms with Crippen LogP contribution >= 0.6 is 15.6 Å². The van der Waals surface area contributed by atoms with Gasteiger partial charge in [-0.1, -0.05) is 215 Å². The zero-order valence-corrected chi connectivity index (χ0v) is 51.7. The zero-order valence-electron chi connectivity index (χ0n) is 46.9. The van der Waals surface area contributed by atoms with Crippen molar-refractivity contribution in [3.8, 4) is 23.0 Å². The Hall–Kier alpha value is -2.92. The Kier molecular flexibility index (Phi) is 16.0. The molecule has 2 heterocycles. The Bertz CT molecular complexity index is 2320. The molecule has 11 heteroatoms. The smallest absolute Gasteiger partial charge is 0.736 e. The number of phosphoric ester groups is 2. The number of hydrogen-bond acceptors (Lipinski definition) is 8. The van der Waals surface area contributed by atoms with Crippen molar-refractivity contribution in [3.05, 3.63) is 115 Å². The summed E-state index contributed by atoms with van der Waals surface area (Å²) in [6, 6.07) is 16.8. The van der Waals surface area contributed by atoms with Crippen LogP contribution < -0.4 is 27.9 Å².